The molecule has 1 aliphatic heterocycles. The molecule has 0 N–H and O–H groups in total. The van der Waals surface area contributed by atoms with Crippen LogP contribution in [-0.2, 0) is 17.6 Å². The van der Waals surface area contributed by atoms with Gasteiger partial charge in [0.15, 0.2) is 0 Å². The Morgan fingerprint density at radius 2 is 2.07 bits per heavy atom. The molecule has 0 saturated carbocycles. The number of imide groups is 1. The Morgan fingerprint density at radius 3 is 2.71 bits per heavy atom. The first kappa shape index (κ1) is 20.7. The molecule has 0 unspecified atom stereocenters. The molecule has 152 valence electrons. The zero-order valence-electron chi connectivity index (χ0n) is 17.0. The van der Waals surface area contributed by atoms with E-state index in [1.807, 2.05) is 12.1 Å². The second-order valence-electron chi connectivity index (χ2n) is 8.33. The summed E-state index contributed by atoms with van der Waals surface area (Å²) in [6.45, 7) is 9.51. The first-order valence-corrected chi connectivity index (χ1v) is 10.8. The van der Waals surface area contributed by atoms with E-state index in [0.29, 0.717) is 19.6 Å². The Kier molecular flexibility index (Phi) is 6.33. The fourth-order valence-electron chi connectivity index (χ4n) is 3.33. The third kappa shape index (κ3) is 4.69. The lowest BCUT2D eigenvalue weighted by atomic mass is 9.89. The first-order valence-electron chi connectivity index (χ1n) is 9.80. The van der Waals surface area contributed by atoms with Gasteiger partial charge in [-0.3, -0.25) is 14.5 Å². The highest BCUT2D eigenvalue weighted by molar-refractivity contribution is 8.14. The normalized spacial score (nSPS) is 15.1. The molecule has 1 aromatic heterocycles. The molecule has 2 heterocycles. The average molecular weight is 405 g/mol. The van der Waals surface area contributed by atoms with E-state index in [0.717, 1.165) is 59.0 Å². The number of amides is 2. The van der Waals surface area contributed by atoms with Crippen LogP contribution in [0.2, 0.25) is 0 Å². The zero-order valence-corrected chi connectivity index (χ0v) is 17.9. The molecule has 1 saturated heterocycles. The van der Waals surface area contributed by atoms with Crippen molar-refractivity contribution < 1.29 is 18.8 Å². The van der Waals surface area contributed by atoms with Crippen LogP contribution in [0, 0.1) is 5.41 Å². The Balaban J connectivity index is 1.71. The molecular formula is C21H28N2O4S. The highest BCUT2D eigenvalue weighted by Gasteiger charge is 2.29. The van der Waals surface area contributed by atoms with Gasteiger partial charge in [-0.25, -0.2) is 0 Å². The number of hydrogen-bond acceptors (Lipinski definition) is 6. The monoisotopic (exact) mass is 404 g/mol. The largest absolute Gasteiger partial charge is 0.493 e. The molecule has 1 fully saturated rings. The Bertz CT molecular complexity index is 853. The minimum absolute atomic E-state index is 0.114. The fraction of sp³-hybridized carbons (Fsp3) is 0.571. The van der Waals surface area contributed by atoms with Crippen molar-refractivity contribution in [2.75, 3.05) is 18.9 Å². The van der Waals surface area contributed by atoms with E-state index in [9.17, 15) is 9.59 Å². The van der Waals surface area contributed by atoms with Crippen molar-refractivity contribution in [3.63, 3.8) is 0 Å². The molecule has 28 heavy (non-hydrogen) atoms. The van der Waals surface area contributed by atoms with Gasteiger partial charge in [0.1, 0.15) is 17.0 Å². The topological polar surface area (TPSA) is 72.6 Å². The number of rotatable bonds is 8. The van der Waals surface area contributed by atoms with Gasteiger partial charge in [0.2, 0.25) is 5.91 Å². The Hall–Kier alpha value is -2.02. The summed E-state index contributed by atoms with van der Waals surface area (Å²) >= 11 is 1.06. The number of nitrogens with zero attached hydrogens (tertiary/aromatic N) is 2. The molecule has 2 amide bonds. The lowest BCUT2D eigenvalue weighted by Crippen LogP contribution is -2.30. The molecule has 0 aliphatic carbocycles. The molecule has 1 aromatic carbocycles. The van der Waals surface area contributed by atoms with E-state index in [2.05, 4.69) is 32.9 Å². The van der Waals surface area contributed by atoms with Crippen LogP contribution >= 0.6 is 11.8 Å². The maximum absolute atomic E-state index is 11.7. The van der Waals surface area contributed by atoms with E-state index in [-0.39, 0.29) is 22.3 Å². The number of carbonyl (C=O) groups excluding carboxylic acids is 2. The molecule has 2 aromatic rings. The number of carbonyl (C=O) groups is 2. The number of benzene rings is 1. The Labute approximate surface area is 170 Å². The van der Waals surface area contributed by atoms with Gasteiger partial charge in [-0.2, -0.15) is 0 Å². The predicted molar refractivity (Wildman–Crippen MR) is 111 cm³/mol. The van der Waals surface area contributed by atoms with Gasteiger partial charge in [0.05, 0.1) is 12.4 Å². The zero-order chi connectivity index (χ0) is 20.3. The van der Waals surface area contributed by atoms with Crippen LogP contribution in [0.25, 0.3) is 10.9 Å². The van der Waals surface area contributed by atoms with Crippen LogP contribution in [0.5, 0.6) is 5.75 Å². The highest BCUT2D eigenvalue weighted by atomic mass is 32.2. The van der Waals surface area contributed by atoms with Crippen molar-refractivity contribution in [3.8, 4) is 5.75 Å². The molecule has 0 bridgehead atoms. The number of aryl methyl sites for hydroxylation is 1. The number of hydrogen-bond donors (Lipinski definition) is 0. The smallest absolute Gasteiger partial charge is 0.288 e. The van der Waals surface area contributed by atoms with Gasteiger partial charge in [0.25, 0.3) is 5.24 Å². The third-order valence-corrected chi connectivity index (χ3v) is 5.46. The highest BCUT2D eigenvalue weighted by Crippen LogP contribution is 2.33. The van der Waals surface area contributed by atoms with Crippen molar-refractivity contribution in [2.24, 2.45) is 5.41 Å². The fourth-order valence-corrected chi connectivity index (χ4v) is 4.09. The van der Waals surface area contributed by atoms with E-state index in [1.165, 1.54) is 4.90 Å². The minimum atomic E-state index is -0.160. The van der Waals surface area contributed by atoms with Crippen molar-refractivity contribution in [1.29, 1.82) is 0 Å². The second-order valence-corrected chi connectivity index (χ2v) is 9.26. The quantitative estimate of drug-likeness (QED) is 0.587. The van der Waals surface area contributed by atoms with Gasteiger partial charge in [-0.1, -0.05) is 51.0 Å². The van der Waals surface area contributed by atoms with Gasteiger partial charge < -0.3 is 9.26 Å². The number of fused-ring (bicyclic) bond motifs is 1. The van der Waals surface area contributed by atoms with E-state index in [4.69, 9.17) is 9.26 Å². The maximum Gasteiger partial charge on any atom is 0.288 e. The van der Waals surface area contributed by atoms with Crippen molar-refractivity contribution >= 4 is 33.8 Å². The lowest BCUT2D eigenvalue weighted by Gasteiger charge is -2.16. The molecule has 0 radical (unpaired) electrons. The summed E-state index contributed by atoms with van der Waals surface area (Å²) in [5.74, 6) is 1.85. The molecule has 6 nitrogen and oxygen atoms in total. The van der Waals surface area contributed by atoms with E-state index in [1.54, 1.807) is 0 Å². The van der Waals surface area contributed by atoms with Gasteiger partial charge in [-0.15, -0.1) is 0 Å². The maximum atomic E-state index is 11.7. The van der Waals surface area contributed by atoms with Crippen molar-refractivity contribution in [2.45, 2.75) is 53.4 Å². The summed E-state index contributed by atoms with van der Waals surface area (Å²) in [7, 11) is 0. The third-order valence-electron chi connectivity index (χ3n) is 4.60. The van der Waals surface area contributed by atoms with Crippen molar-refractivity contribution in [1.82, 2.24) is 10.1 Å². The number of aromatic nitrogens is 1. The SMILES string of the molecule is CCCc1c(OCCCN2C(=O)CSC2=O)ccc2c(CC(C)(C)C)onc12. The molecule has 7 heteroatoms. The van der Waals surface area contributed by atoms with Crippen LogP contribution in [-0.4, -0.2) is 40.1 Å². The first-order chi connectivity index (χ1) is 13.3. The lowest BCUT2D eigenvalue weighted by molar-refractivity contribution is -0.124. The number of ether oxygens (including phenoxy) is 1. The molecule has 0 atom stereocenters. The van der Waals surface area contributed by atoms with Gasteiger partial charge >= 0.3 is 0 Å². The van der Waals surface area contributed by atoms with E-state index >= 15 is 0 Å². The van der Waals surface area contributed by atoms with Gasteiger partial charge in [0, 0.05) is 23.9 Å². The standard InChI is InChI=1S/C21H28N2O4S/c1-5-7-14-16(26-11-6-10-23-18(24)13-28-20(23)25)9-8-15-17(12-21(2,3)4)27-22-19(14)15/h8-9H,5-7,10-13H2,1-4H3. The summed E-state index contributed by atoms with van der Waals surface area (Å²) in [5.41, 5.74) is 2.06. The van der Waals surface area contributed by atoms with Crippen LogP contribution < -0.4 is 4.74 Å². The van der Waals surface area contributed by atoms with E-state index < -0.39 is 0 Å². The summed E-state index contributed by atoms with van der Waals surface area (Å²) < 4.78 is 11.7. The van der Waals surface area contributed by atoms with Crippen LogP contribution in [0.4, 0.5) is 4.79 Å². The summed E-state index contributed by atoms with van der Waals surface area (Å²) in [6.07, 6.45) is 3.26. The molecule has 1 aliphatic rings. The molecule has 3 rings (SSSR count). The Morgan fingerprint density at radius 1 is 1.29 bits per heavy atom. The minimum Gasteiger partial charge on any atom is -0.493 e. The van der Waals surface area contributed by atoms with Gasteiger partial charge in [-0.05, 0) is 30.4 Å². The molecule has 0 spiro atoms. The summed E-state index contributed by atoms with van der Waals surface area (Å²) in [5, 5.41) is 5.23. The number of thioether (sulfide) groups is 1. The predicted octanol–water partition coefficient (Wildman–Crippen LogP) is 4.83. The van der Waals surface area contributed by atoms with Crippen LogP contribution in [0.1, 0.15) is 51.9 Å². The van der Waals surface area contributed by atoms with Crippen molar-refractivity contribution in [3.05, 3.63) is 23.5 Å². The van der Waals surface area contributed by atoms with Crippen LogP contribution in [0.3, 0.4) is 0 Å². The summed E-state index contributed by atoms with van der Waals surface area (Å²) in [6, 6.07) is 4.00. The summed E-state index contributed by atoms with van der Waals surface area (Å²) in [4.78, 5) is 24.6. The van der Waals surface area contributed by atoms with Crippen LogP contribution in [0.15, 0.2) is 16.7 Å². The second kappa shape index (κ2) is 8.55. The average Bonchev–Trinajstić information content (AvgIpc) is 3.16. The molecular weight excluding hydrogens is 376 g/mol.